The van der Waals surface area contributed by atoms with Gasteiger partial charge in [-0.25, -0.2) is 4.98 Å². The van der Waals surface area contributed by atoms with Crippen molar-refractivity contribution >= 4 is 11.9 Å². The number of nitrogens with one attached hydrogen (secondary N) is 2. The Kier molecular flexibility index (Phi) is 3.50. The second-order valence-corrected chi connectivity index (χ2v) is 3.02. The first-order chi connectivity index (χ1) is 6.69. The van der Waals surface area contributed by atoms with E-state index < -0.39 is 0 Å². The number of aryl methyl sites for hydroxylation is 1. The van der Waals surface area contributed by atoms with Crippen LogP contribution in [0.4, 0.5) is 5.95 Å². The number of imidazole rings is 1. The summed E-state index contributed by atoms with van der Waals surface area (Å²) in [5.74, 6) is 0.680. The zero-order valence-electron chi connectivity index (χ0n) is 8.74. The molecule has 0 radical (unpaired) electrons. The monoisotopic (exact) mass is 196 g/mol. The molecule has 0 aliphatic heterocycles. The van der Waals surface area contributed by atoms with Crippen molar-refractivity contribution in [2.75, 3.05) is 12.4 Å². The summed E-state index contributed by atoms with van der Waals surface area (Å²) < 4.78 is 1.94. The summed E-state index contributed by atoms with van der Waals surface area (Å²) in [7, 11) is 1.62. The maximum absolute atomic E-state index is 11.2. The van der Waals surface area contributed by atoms with Crippen LogP contribution in [0.5, 0.6) is 0 Å². The van der Waals surface area contributed by atoms with Crippen molar-refractivity contribution in [3.63, 3.8) is 0 Å². The van der Waals surface area contributed by atoms with Gasteiger partial charge in [-0.15, -0.1) is 0 Å². The Bertz CT molecular complexity index is 308. The molecule has 0 bridgehead atoms. The SMILES string of the molecule is CCn1ccnc1NC(C)C(=O)NC. The molecule has 1 aromatic rings. The largest absolute Gasteiger partial charge is 0.357 e. The lowest BCUT2D eigenvalue weighted by atomic mass is 10.3. The minimum Gasteiger partial charge on any atom is -0.357 e. The Morgan fingerprint density at radius 1 is 1.71 bits per heavy atom. The predicted molar refractivity (Wildman–Crippen MR) is 55.1 cm³/mol. The fourth-order valence-corrected chi connectivity index (χ4v) is 1.18. The van der Waals surface area contributed by atoms with Crippen LogP contribution in [0.25, 0.3) is 0 Å². The van der Waals surface area contributed by atoms with Gasteiger partial charge < -0.3 is 15.2 Å². The van der Waals surface area contributed by atoms with Crippen LogP contribution < -0.4 is 10.6 Å². The highest BCUT2D eigenvalue weighted by Gasteiger charge is 2.12. The van der Waals surface area contributed by atoms with Gasteiger partial charge in [0.25, 0.3) is 0 Å². The number of anilines is 1. The average Bonchev–Trinajstić information content (AvgIpc) is 2.63. The van der Waals surface area contributed by atoms with Crippen LogP contribution >= 0.6 is 0 Å². The Labute approximate surface area is 83.5 Å². The van der Waals surface area contributed by atoms with Crippen LogP contribution in [-0.2, 0) is 11.3 Å². The number of hydrogen-bond donors (Lipinski definition) is 2. The first-order valence-corrected chi connectivity index (χ1v) is 4.68. The number of hydrogen-bond acceptors (Lipinski definition) is 3. The van der Waals surface area contributed by atoms with Crippen LogP contribution in [0.15, 0.2) is 12.4 Å². The van der Waals surface area contributed by atoms with Crippen molar-refractivity contribution in [3.05, 3.63) is 12.4 Å². The van der Waals surface area contributed by atoms with Gasteiger partial charge in [0, 0.05) is 26.0 Å². The molecule has 1 amide bonds. The van der Waals surface area contributed by atoms with Gasteiger partial charge in [-0.1, -0.05) is 0 Å². The summed E-state index contributed by atoms with van der Waals surface area (Å²) in [5.41, 5.74) is 0. The van der Waals surface area contributed by atoms with Gasteiger partial charge in [0.15, 0.2) is 0 Å². The Hall–Kier alpha value is -1.52. The maximum atomic E-state index is 11.2. The number of nitrogens with zero attached hydrogens (tertiary/aromatic N) is 2. The van der Waals surface area contributed by atoms with Crippen LogP contribution in [0.2, 0.25) is 0 Å². The molecule has 14 heavy (non-hydrogen) atoms. The molecule has 0 aromatic carbocycles. The van der Waals surface area contributed by atoms with Crippen LogP contribution in [-0.4, -0.2) is 28.5 Å². The second-order valence-electron chi connectivity index (χ2n) is 3.02. The number of likely N-dealkylation sites (N-methyl/N-ethyl adjacent to an activating group) is 1. The number of aromatic nitrogens is 2. The molecule has 1 atom stereocenters. The van der Waals surface area contributed by atoms with Crippen molar-refractivity contribution in [2.24, 2.45) is 0 Å². The summed E-state index contributed by atoms with van der Waals surface area (Å²) in [5, 5.41) is 5.61. The third-order valence-corrected chi connectivity index (χ3v) is 2.04. The van der Waals surface area contributed by atoms with Crippen molar-refractivity contribution in [1.82, 2.24) is 14.9 Å². The lowest BCUT2D eigenvalue weighted by molar-refractivity contribution is -0.121. The van der Waals surface area contributed by atoms with E-state index in [-0.39, 0.29) is 11.9 Å². The summed E-state index contributed by atoms with van der Waals surface area (Å²) in [6, 6.07) is -0.271. The first kappa shape index (κ1) is 10.6. The summed E-state index contributed by atoms with van der Waals surface area (Å²) in [6.07, 6.45) is 3.58. The molecule has 0 fully saturated rings. The molecular weight excluding hydrogens is 180 g/mol. The Balaban J connectivity index is 2.64. The smallest absolute Gasteiger partial charge is 0.242 e. The van der Waals surface area contributed by atoms with E-state index in [2.05, 4.69) is 15.6 Å². The van der Waals surface area contributed by atoms with Crippen molar-refractivity contribution in [1.29, 1.82) is 0 Å². The van der Waals surface area contributed by atoms with Gasteiger partial charge in [0.05, 0.1) is 0 Å². The normalized spacial score (nSPS) is 12.2. The molecule has 5 nitrogen and oxygen atoms in total. The van der Waals surface area contributed by atoms with E-state index in [0.29, 0.717) is 0 Å². The Morgan fingerprint density at radius 3 is 3.00 bits per heavy atom. The van der Waals surface area contributed by atoms with E-state index in [9.17, 15) is 4.79 Å². The quantitative estimate of drug-likeness (QED) is 0.735. The molecule has 2 N–H and O–H groups in total. The highest BCUT2D eigenvalue weighted by atomic mass is 16.2. The average molecular weight is 196 g/mol. The molecule has 1 rings (SSSR count). The van der Waals surface area contributed by atoms with Crippen molar-refractivity contribution in [2.45, 2.75) is 26.4 Å². The second kappa shape index (κ2) is 4.64. The van der Waals surface area contributed by atoms with E-state index in [1.165, 1.54) is 0 Å². The van der Waals surface area contributed by atoms with Crippen LogP contribution in [0.1, 0.15) is 13.8 Å². The van der Waals surface area contributed by atoms with E-state index >= 15 is 0 Å². The molecule has 0 aliphatic carbocycles. The number of amides is 1. The number of carbonyl (C=O) groups is 1. The van der Waals surface area contributed by atoms with Gasteiger partial charge in [-0.05, 0) is 13.8 Å². The van der Waals surface area contributed by atoms with Crippen molar-refractivity contribution < 1.29 is 4.79 Å². The molecular formula is C9H16N4O. The zero-order valence-corrected chi connectivity index (χ0v) is 8.74. The molecule has 1 unspecified atom stereocenters. The van der Waals surface area contributed by atoms with Gasteiger partial charge in [-0.2, -0.15) is 0 Å². The highest BCUT2D eigenvalue weighted by molar-refractivity contribution is 5.83. The third-order valence-electron chi connectivity index (χ3n) is 2.04. The molecule has 5 heteroatoms. The topological polar surface area (TPSA) is 59.0 Å². The van der Waals surface area contributed by atoms with E-state index in [4.69, 9.17) is 0 Å². The zero-order chi connectivity index (χ0) is 10.6. The first-order valence-electron chi connectivity index (χ1n) is 4.68. The highest BCUT2D eigenvalue weighted by Crippen LogP contribution is 2.05. The minimum atomic E-state index is -0.271. The van der Waals surface area contributed by atoms with Crippen molar-refractivity contribution in [3.8, 4) is 0 Å². The molecule has 1 heterocycles. The summed E-state index contributed by atoms with van der Waals surface area (Å²) in [4.78, 5) is 15.3. The van der Waals surface area contributed by atoms with E-state index in [0.717, 1.165) is 12.5 Å². The fourth-order valence-electron chi connectivity index (χ4n) is 1.18. The predicted octanol–water partition coefficient (Wildman–Crippen LogP) is 0.449. The number of carbonyl (C=O) groups excluding carboxylic acids is 1. The lowest BCUT2D eigenvalue weighted by Gasteiger charge is -2.13. The molecule has 78 valence electrons. The summed E-state index contributed by atoms with van der Waals surface area (Å²) >= 11 is 0. The number of rotatable bonds is 4. The molecule has 0 spiro atoms. The minimum absolute atomic E-state index is 0.0457. The van der Waals surface area contributed by atoms with E-state index in [1.54, 1.807) is 20.2 Å². The van der Waals surface area contributed by atoms with Crippen LogP contribution in [0, 0.1) is 0 Å². The summed E-state index contributed by atoms with van der Waals surface area (Å²) in [6.45, 7) is 4.66. The van der Waals surface area contributed by atoms with Gasteiger partial charge in [0.2, 0.25) is 11.9 Å². The Morgan fingerprint density at radius 2 is 2.43 bits per heavy atom. The van der Waals surface area contributed by atoms with Gasteiger partial charge in [-0.3, -0.25) is 4.79 Å². The lowest BCUT2D eigenvalue weighted by Crippen LogP contribution is -2.36. The van der Waals surface area contributed by atoms with Gasteiger partial charge in [0.1, 0.15) is 6.04 Å². The maximum Gasteiger partial charge on any atom is 0.242 e. The molecule has 0 saturated heterocycles. The molecule has 1 aromatic heterocycles. The van der Waals surface area contributed by atoms with Gasteiger partial charge >= 0.3 is 0 Å². The molecule has 0 aliphatic rings. The fraction of sp³-hybridized carbons (Fsp3) is 0.556. The molecule has 0 saturated carbocycles. The standard InChI is InChI=1S/C9H16N4O/c1-4-13-6-5-11-9(13)12-7(2)8(14)10-3/h5-7H,4H2,1-3H3,(H,10,14)(H,11,12). The van der Waals surface area contributed by atoms with E-state index in [1.807, 2.05) is 17.7 Å². The van der Waals surface area contributed by atoms with Crippen LogP contribution in [0.3, 0.4) is 0 Å². The third kappa shape index (κ3) is 2.25.